The Bertz CT molecular complexity index is 508. The highest BCUT2D eigenvalue weighted by molar-refractivity contribution is 9.10. The quantitative estimate of drug-likeness (QED) is 0.830. The van der Waals surface area contributed by atoms with E-state index in [4.69, 9.17) is 0 Å². The van der Waals surface area contributed by atoms with Gasteiger partial charge in [0.15, 0.2) is 0 Å². The zero-order chi connectivity index (χ0) is 13.8. The monoisotopic (exact) mass is 338 g/mol. The molecule has 2 N–H and O–H groups in total. The Balaban J connectivity index is 2.77. The van der Waals surface area contributed by atoms with Crippen LogP contribution >= 0.6 is 15.9 Å². The van der Waals surface area contributed by atoms with Crippen LogP contribution in [0.1, 0.15) is 6.92 Å². The standard InChI is InChI=1S/C11H16BrFN2O2S/c1-8(6-14-2)7-15-18(16,17)9-3-4-10(12)11(13)5-9/h3-5,8,14-15H,6-7H2,1-2H3. The van der Waals surface area contributed by atoms with Gasteiger partial charge in [-0.1, -0.05) is 6.92 Å². The maximum absolute atomic E-state index is 13.3. The van der Waals surface area contributed by atoms with Crippen molar-refractivity contribution < 1.29 is 12.8 Å². The summed E-state index contributed by atoms with van der Waals surface area (Å²) < 4.78 is 39.8. The first kappa shape index (κ1) is 15.6. The second kappa shape index (κ2) is 6.60. The fraction of sp³-hybridized carbons (Fsp3) is 0.455. The molecule has 18 heavy (non-hydrogen) atoms. The van der Waals surface area contributed by atoms with Crippen LogP contribution in [0.2, 0.25) is 0 Å². The number of sulfonamides is 1. The van der Waals surface area contributed by atoms with Crippen molar-refractivity contribution >= 4 is 26.0 Å². The van der Waals surface area contributed by atoms with E-state index in [-0.39, 0.29) is 15.3 Å². The molecule has 0 aromatic heterocycles. The molecule has 0 saturated heterocycles. The number of hydrogen-bond acceptors (Lipinski definition) is 3. The van der Waals surface area contributed by atoms with Gasteiger partial charge in [-0.25, -0.2) is 17.5 Å². The van der Waals surface area contributed by atoms with Crippen LogP contribution in [0.3, 0.4) is 0 Å². The molecule has 1 aromatic carbocycles. The van der Waals surface area contributed by atoms with E-state index in [9.17, 15) is 12.8 Å². The molecule has 1 aromatic rings. The Hall–Kier alpha value is -0.500. The van der Waals surface area contributed by atoms with E-state index < -0.39 is 15.8 Å². The van der Waals surface area contributed by atoms with Crippen molar-refractivity contribution in [1.82, 2.24) is 10.0 Å². The molecule has 0 aliphatic heterocycles. The van der Waals surface area contributed by atoms with Gasteiger partial charge in [0.1, 0.15) is 5.82 Å². The molecule has 0 amide bonds. The van der Waals surface area contributed by atoms with Crippen LogP contribution in [0.25, 0.3) is 0 Å². The van der Waals surface area contributed by atoms with Crippen molar-refractivity contribution in [2.45, 2.75) is 11.8 Å². The lowest BCUT2D eigenvalue weighted by atomic mass is 10.2. The van der Waals surface area contributed by atoms with Crippen LogP contribution in [-0.2, 0) is 10.0 Å². The van der Waals surface area contributed by atoms with Crippen LogP contribution in [0.4, 0.5) is 4.39 Å². The fourth-order valence-electron chi connectivity index (χ4n) is 1.40. The molecule has 7 heteroatoms. The Morgan fingerprint density at radius 1 is 1.39 bits per heavy atom. The summed E-state index contributed by atoms with van der Waals surface area (Å²) in [5.41, 5.74) is 0. The first-order valence-electron chi connectivity index (χ1n) is 5.46. The van der Waals surface area contributed by atoms with E-state index in [1.165, 1.54) is 12.1 Å². The molecule has 0 fully saturated rings. The summed E-state index contributed by atoms with van der Waals surface area (Å²) in [6.07, 6.45) is 0. The molecule has 0 radical (unpaired) electrons. The van der Waals surface area contributed by atoms with Gasteiger partial charge in [-0.2, -0.15) is 0 Å². The average Bonchev–Trinajstić information content (AvgIpc) is 2.30. The minimum atomic E-state index is -3.65. The average molecular weight is 339 g/mol. The molecule has 0 spiro atoms. The molecule has 0 saturated carbocycles. The van der Waals surface area contributed by atoms with Gasteiger partial charge in [-0.15, -0.1) is 0 Å². The summed E-state index contributed by atoms with van der Waals surface area (Å²) in [6.45, 7) is 2.93. The smallest absolute Gasteiger partial charge is 0.240 e. The second-order valence-corrected chi connectivity index (χ2v) is 6.71. The summed E-state index contributed by atoms with van der Waals surface area (Å²) in [5, 5.41) is 2.96. The Kier molecular flexibility index (Phi) is 5.71. The van der Waals surface area contributed by atoms with Crippen molar-refractivity contribution in [3.8, 4) is 0 Å². The zero-order valence-electron chi connectivity index (χ0n) is 10.2. The van der Waals surface area contributed by atoms with Gasteiger partial charge in [-0.3, -0.25) is 0 Å². The third-order valence-electron chi connectivity index (χ3n) is 2.38. The number of nitrogens with one attached hydrogen (secondary N) is 2. The maximum Gasteiger partial charge on any atom is 0.240 e. The van der Waals surface area contributed by atoms with Crippen LogP contribution < -0.4 is 10.0 Å². The first-order chi connectivity index (χ1) is 8.36. The zero-order valence-corrected chi connectivity index (χ0v) is 12.6. The normalized spacial score (nSPS) is 13.6. The number of rotatable bonds is 6. The third-order valence-corrected chi connectivity index (χ3v) is 4.44. The lowest BCUT2D eigenvalue weighted by molar-refractivity contribution is 0.518. The van der Waals surface area contributed by atoms with Crippen LogP contribution in [-0.4, -0.2) is 28.6 Å². The lowest BCUT2D eigenvalue weighted by Gasteiger charge is -2.12. The minimum absolute atomic E-state index is 0.0696. The summed E-state index contributed by atoms with van der Waals surface area (Å²) in [6, 6.07) is 3.73. The molecule has 4 nitrogen and oxygen atoms in total. The molecule has 0 bridgehead atoms. The molecule has 1 rings (SSSR count). The van der Waals surface area contributed by atoms with Gasteiger partial charge in [0.05, 0.1) is 9.37 Å². The van der Waals surface area contributed by atoms with E-state index in [1.807, 2.05) is 6.92 Å². The molecular weight excluding hydrogens is 323 g/mol. The van der Waals surface area contributed by atoms with E-state index in [1.54, 1.807) is 7.05 Å². The summed E-state index contributed by atoms with van der Waals surface area (Å²) in [7, 11) is -1.85. The Morgan fingerprint density at radius 3 is 2.61 bits per heavy atom. The number of benzene rings is 1. The fourth-order valence-corrected chi connectivity index (χ4v) is 2.82. The van der Waals surface area contributed by atoms with Crippen LogP contribution in [0.15, 0.2) is 27.6 Å². The van der Waals surface area contributed by atoms with E-state index in [2.05, 4.69) is 26.0 Å². The number of halogens is 2. The second-order valence-electron chi connectivity index (χ2n) is 4.09. The molecule has 1 unspecified atom stereocenters. The third kappa shape index (κ3) is 4.31. The lowest BCUT2D eigenvalue weighted by Crippen LogP contribution is -2.32. The van der Waals surface area contributed by atoms with Gasteiger partial charge < -0.3 is 5.32 Å². The minimum Gasteiger partial charge on any atom is -0.319 e. The van der Waals surface area contributed by atoms with Crippen molar-refractivity contribution in [2.75, 3.05) is 20.1 Å². The van der Waals surface area contributed by atoms with Crippen molar-refractivity contribution in [1.29, 1.82) is 0 Å². The van der Waals surface area contributed by atoms with Gasteiger partial charge in [0.2, 0.25) is 10.0 Å². The van der Waals surface area contributed by atoms with E-state index in [0.717, 1.165) is 6.07 Å². The molecule has 1 atom stereocenters. The van der Waals surface area contributed by atoms with Gasteiger partial charge in [0.25, 0.3) is 0 Å². The highest BCUT2D eigenvalue weighted by Gasteiger charge is 2.16. The predicted molar refractivity (Wildman–Crippen MR) is 72.4 cm³/mol. The highest BCUT2D eigenvalue weighted by atomic mass is 79.9. The van der Waals surface area contributed by atoms with Gasteiger partial charge in [0, 0.05) is 6.54 Å². The van der Waals surface area contributed by atoms with Crippen molar-refractivity contribution in [3.63, 3.8) is 0 Å². The van der Waals surface area contributed by atoms with Crippen molar-refractivity contribution in [3.05, 3.63) is 28.5 Å². The largest absolute Gasteiger partial charge is 0.319 e. The SMILES string of the molecule is CNCC(C)CNS(=O)(=O)c1ccc(Br)c(F)c1. The summed E-state index contributed by atoms with van der Waals surface area (Å²) in [4.78, 5) is -0.0696. The number of hydrogen-bond donors (Lipinski definition) is 2. The van der Waals surface area contributed by atoms with Crippen molar-refractivity contribution in [2.24, 2.45) is 5.92 Å². The summed E-state index contributed by atoms with van der Waals surface area (Å²) >= 11 is 2.98. The van der Waals surface area contributed by atoms with Gasteiger partial charge in [-0.05, 0) is 53.6 Å². The molecule has 0 heterocycles. The van der Waals surface area contributed by atoms with Crippen LogP contribution in [0.5, 0.6) is 0 Å². The van der Waals surface area contributed by atoms with E-state index >= 15 is 0 Å². The molecule has 102 valence electrons. The first-order valence-corrected chi connectivity index (χ1v) is 7.73. The highest BCUT2D eigenvalue weighted by Crippen LogP contribution is 2.19. The Morgan fingerprint density at radius 2 is 2.06 bits per heavy atom. The molecule has 0 aliphatic carbocycles. The van der Waals surface area contributed by atoms with E-state index in [0.29, 0.717) is 13.1 Å². The molecular formula is C11H16BrFN2O2S. The molecule has 0 aliphatic rings. The Labute approximate surface area is 115 Å². The topological polar surface area (TPSA) is 58.2 Å². The summed E-state index contributed by atoms with van der Waals surface area (Å²) in [5.74, 6) is -0.439. The van der Waals surface area contributed by atoms with Gasteiger partial charge >= 0.3 is 0 Å². The van der Waals surface area contributed by atoms with Crippen LogP contribution in [0, 0.1) is 11.7 Å². The maximum atomic E-state index is 13.3. The predicted octanol–water partition coefficient (Wildman–Crippen LogP) is 1.72.